The third kappa shape index (κ3) is 5.95. The fourth-order valence-electron chi connectivity index (χ4n) is 2.24. The Morgan fingerprint density at radius 2 is 1.83 bits per heavy atom. The molecule has 0 spiro atoms. The lowest BCUT2D eigenvalue weighted by molar-refractivity contribution is 0.0936. The Hall–Kier alpha value is -1.40. The first-order valence-corrected chi connectivity index (χ1v) is 9.56. The fraction of sp³-hybridized carbons (Fsp3) is 0.588. The summed E-state index contributed by atoms with van der Waals surface area (Å²) in [6, 6.07) is 4.68. The number of sulfonamides is 1. The van der Waals surface area contributed by atoms with E-state index in [1.807, 2.05) is 6.92 Å². The topological polar surface area (TPSA) is 75.3 Å². The molecule has 130 valence electrons. The summed E-state index contributed by atoms with van der Waals surface area (Å²) >= 11 is 0. The highest BCUT2D eigenvalue weighted by atomic mass is 32.2. The van der Waals surface area contributed by atoms with Crippen LogP contribution < -0.4 is 10.0 Å². The zero-order chi connectivity index (χ0) is 17.6. The van der Waals surface area contributed by atoms with Gasteiger partial charge >= 0.3 is 0 Å². The zero-order valence-corrected chi connectivity index (χ0v) is 15.5. The van der Waals surface area contributed by atoms with E-state index in [-0.39, 0.29) is 16.8 Å². The molecule has 2 N–H and O–H groups in total. The van der Waals surface area contributed by atoms with Crippen LogP contribution in [0, 0.1) is 12.8 Å². The SMILES string of the molecule is CCNS(=O)(=O)c1ccc(C)c(C(=O)NC(C)CCC(C)C)c1. The maximum atomic E-state index is 12.4. The van der Waals surface area contributed by atoms with Crippen molar-refractivity contribution < 1.29 is 13.2 Å². The average Bonchev–Trinajstić information content (AvgIpc) is 2.45. The monoisotopic (exact) mass is 340 g/mol. The first-order valence-electron chi connectivity index (χ1n) is 8.08. The minimum atomic E-state index is -3.56. The van der Waals surface area contributed by atoms with Crippen LogP contribution in [0.5, 0.6) is 0 Å². The van der Waals surface area contributed by atoms with Crippen molar-refractivity contribution in [3.8, 4) is 0 Å². The Bertz CT molecular complexity index is 639. The molecule has 0 heterocycles. The Morgan fingerprint density at radius 1 is 1.17 bits per heavy atom. The number of carbonyl (C=O) groups excluding carboxylic acids is 1. The standard InChI is InChI=1S/C17H28N2O3S/c1-6-18-23(21,22)15-10-8-13(4)16(11-15)17(20)19-14(5)9-7-12(2)3/h8,10-12,14,18H,6-7,9H2,1-5H3,(H,19,20). The van der Waals surface area contributed by atoms with Crippen molar-refractivity contribution in [2.24, 2.45) is 5.92 Å². The molecule has 23 heavy (non-hydrogen) atoms. The molecule has 1 rings (SSSR count). The van der Waals surface area contributed by atoms with Gasteiger partial charge in [0.25, 0.3) is 5.91 Å². The van der Waals surface area contributed by atoms with Gasteiger partial charge in [0.15, 0.2) is 0 Å². The first-order chi connectivity index (χ1) is 10.7. The van der Waals surface area contributed by atoms with Gasteiger partial charge in [-0.15, -0.1) is 0 Å². The molecule has 0 fully saturated rings. The van der Waals surface area contributed by atoms with Crippen molar-refractivity contribution in [1.29, 1.82) is 0 Å². The van der Waals surface area contributed by atoms with Crippen LogP contribution in [0.25, 0.3) is 0 Å². The summed E-state index contributed by atoms with van der Waals surface area (Å²) in [5.41, 5.74) is 1.16. The van der Waals surface area contributed by atoms with Gasteiger partial charge in [-0.05, 0) is 50.3 Å². The lowest BCUT2D eigenvalue weighted by Gasteiger charge is -2.16. The minimum absolute atomic E-state index is 0.0540. The fourth-order valence-corrected chi connectivity index (χ4v) is 3.31. The van der Waals surface area contributed by atoms with Crippen molar-refractivity contribution in [2.75, 3.05) is 6.54 Å². The molecular weight excluding hydrogens is 312 g/mol. The number of amides is 1. The minimum Gasteiger partial charge on any atom is -0.350 e. The molecule has 0 saturated carbocycles. The van der Waals surface area contributed by atoms with Crippen LogP contribution in [-0.4, -0.2) is 26.9 Å². The molecule has 1 amide bonds. The molecule has 0 radical (unpaired) electrons. The number of hydrogen-bond acceptors (Lipinski definition) is 3. The molecule has 1 unspecified atom stereocenters. The molecule has 6 heteroatoms. The largest absolute Gasteiger partial charge is 0.350 e. The van der Waals surface area contributed by atoms with Crippen molar-refractivity contribution in [3.63, 3.8) is 0 Å². The van der Waals surface area contributed by atoms with E-state index < -0.39 is 10.0 Å². The van der Waals surface area contributed by atoms with Crippen LogP contribution >= 0.6 is 0 Å². The first kappa shape index (κ1) is 19.6. The second-order valence-corrected chi connectivity index (χ2v) is 8.09. The second kappa shape index (κ2) is 8.45. The molecule has 0 aliphatic heterocycles. The van der Waals surface area contributed by atoms with Crippen LogP contribution in [0.15, 0.2) is 23.1 Å². The van der Waals surface area contributed by atoms with E-state index in [0.717, 1.165) is 18.4 Å². The smallest absolute Gasteiger partial charge is 0.251 e. The quantitative estimate of drug-likeness (QED) is 0.764. The molecule has 5 nitrogen and oxygen atoms in total. The summed E-state index contributed by atoms with van der Waals surface area (Å²) in [5.74, 6) is 0.358. The molecule has 0 aliphatic carbocycles. The van der Waals surface area contributed by atoms with Crippen LogP contribution in [0.1, 0.15) is 56.5 Å². The summed E-state index contributed by atoms with van der Waals surface area (Å²) in [4.78, 5) is 12.5. The summed E-state index contributed by atoms with van der Waals surface area (Å²) in [6.07, 6.45) is 1.94. The predicted molar refractivity (Wildman–Crippen MR) is 93.0 cm³/mol. The van der Waals surface area contributed by atoms with Gasteiger partial charge in [-0.1, -0.05) is 26.8 Å². The summed E-state index contributed by atoms with van der Waals surface area (Å²) < 4.78 is 26.6. The van der Waals surface area contributed by atoms with E-state index in [0.29, 0.717) is 18.0 Å². The Morgan fingerprint density at radius 3 is 2.39 bits per heavy atom. The second-order valence-electron chi connectivity index (χ2n) is 6.32. The van der Waals surface area contributed by atoms with Crippen LogP contribution in [0.3, 0.4) is 0 Å². The number of nitrogens with one attached hydrogen (secondary N) is 2. The van der Waals surface area contributed by atoms with Crippen LogP contribution in [0.2, 0.25) is 0 Å². The summed E-state index contributed by atoms with van der Waals surface area (Å²) in [6.45, 7) is 10.1. The summed E-state index contributed by atoms with van der Waals surface area (Å²) in [7, 11) is -3.56. The van der Waals surface area contributed by atoms with E-state index in [2.05, 4.69) is 23.9 Å². The van der Waals surface area contributed by atoms with Gasteiger partial charge in [-0.2, -0.15) is 0 Å². The van der Waals surface area contributed by atoms with Crippen LogP contribution in [0.4, 0.5) is 0 Å². The van der Waals surface area contributed by atoms with Gasteiger partial charge in [0.2, 0.25) is 10.0 Å². The third-order valence-corrected chi connectivity index (χ3v) is 5.20. The van der Waals surface area contributed by atoms with E-state index in [1.165, 1.54) is 12.1 Å². The van der Waals surface area contributed by atoms with E-state index >= 15 is 0 Å². The van der Waals surface area contributed by atoms with Gasteiger partial charge in [0.05, 0.1) is 4.90 Å². The van der Waals surface area contributed by atoms with Gasteiger partial charge in [-0.25, -0.2) is 13.1 Å². The Balaban J connectivity index is 2.92. The van der Waals surface area contributed by atoms with E-state index in [1.54, 1.807) is 19.9 Å². The number of hydrogen-bond donors (Lipinski definition) is 2. The lowest BCUT2D eigenvalue weighted by Crippen LogP contribution is -2.33. The lowest BCUT2D eigenvalue weighted by atomic mass is 10.0. The van der Waals surface area contributed by atoms with E-state index in [4.69, 9.17) is 0 Å². The molecule has 0 bridgehead atoms. The zero-order valence-electron chi connectivity index (χ0n) is 14.6. The molecule has 1 aromatic carbocycles. The molecule has 1 atom stereocenters. The Kier molecular flexibility index (Phi) is 7.22. The highest BCUT2D eigenvalue weighted by Crippen LogP contribution is 2.16. The molecular formula is C17H28N2O3S. The molecule has 1 aromatic rings. The number of benzene rings is 1. The highest BCUT2D eigenvalue weighted by molar-refractivity contribution is 7.89. The van der Waals surface area contributed by atoms with Gasteiger partial charge in [0, 0.05) is 18.2 Å². The van der Waals surface area contributed by atoms with Crippen molar-refractivity contribution >= 4 is 15.9 Å². The number of rotatable bonds is 8. The van der Waals surface area contributed by atoms with Gasteiger partial charge < -0.3 is 5.32 Å². The molecule has 0 aromatic heterocycles. The highest BCUT2D eigenvalue weighted by Gasteiger charge is 2.18. The molecule has 0 aliphatic rings. The van der Waals surface area contributed by atoms with Gasteiger partial charge in [0.1, 0.15) is 0 Å². The maximum Gasteiger partial charge on any atom is 0.251 e. The van der Waals surface area contributed by atoms with Crippen molar-refractivity contribution in [1.82, 2.24) is 10.0 Å². The average molecular weight is 340 g/mol. The van der Waals surface area contributed by atoms with Crippen molar-refractivity contribution in [2.45, 2.75) is 58.4 Å². The Labute approximate surface area is 139 Å². The normalized spacial score (nSPS) is 13.1. The van der Waals surface area contributed by atoms with E-state index in [9.17, 15) is 13.2 Å². The van der Waals surface area contributed by atoms with Crippen LogP contribution in [-0.2, 0) is 10.0 Å². The predicted octanol–water partition coefficient (Wildman–Crippen LogP) is 2.85. The maximum absolute atomic E-state index is 12.4. The third-order valence-electron chi connectivity index (χ3n) is 3.65. The number of aryl methyl sites for hydroxylation is 1. The summed E-state index contributed by atoms with van der Waals surface area (Å²) in [5, 5.41) is 2.95. The number of carbonyl (C=O) groups is 1. The molecule has 0 saturated heterocycles. The van der Waals surface area contributed by atoms with Gasteiger partial charge in [-0.3, -0.25) is 4.79 Å². The van der Waals surface area contributed by atoms with Crippen molar-refractivity contribution in [3.05, 3.63) is 29.3 Å².